The number of carbonyl (C=O) groups is 2. The number of anilines is 2. The second-order valence-electron chi connectivity index (χ2n) is 6.15. The van der Waals surface area contributed by atoms with Crippen LogP contribution < -0.4 is 10.6 Å². The van der Waals surface area contributed by atoms with Gasteiger partial charge in [-0.1, -0.05) is 35.3 Å². The lowest BCUT2D eigenvalue weighted by Crippen LogP contribution is -2.12. The molecule has 0 saturated heterocycles. The second-order valence-corrected chi connectivity index (χ2v) is 7.86. The zero-order valence-electron chi connectivity index (χ0n) is 14.8. The molecule has 0 aliphatic carbocycles. The van der Waals surface area contributed by atoms with Crippen molar-refractivity contribution in [2.45, 2.75) is 0 Å². The molecule has 0 atom stereocenters. The van der Waals surface area contributed by atoms with Gasteiger partial charge in [0.1, 0.15) is 0 Å². The molecule has 29 heavy (non-hydrogen) atoms. The number of thiazole rings is 1. The van der Waals surface area contributed by atoms with E-state index in [9.17, 15) is 9.59 Å². The van der Waals surface area contributed by atoms with Crippen molar-refractivity contribution in [1.82, 2.24) is 4.98 Å². The van der Waals surface area contributed by atoms with Gasteiger partial charge in [-0.2, -0.15) is 0 Å². The van der Waals surface area contributed by atoms with E-state index in [1.807, 2.05) is 18.2 Å². The molecule has 4 aromatic rings. The van der Waals surface area contributed by atoms with Gasteiger partial charge in [-0.05, 0) is 53.2 Å². The molecule has 0 aliphatic rings. The van der Waals surface area contributed by atoms with Gasteiger partial charge >= 0.3 is 0 Å². The van der Waals surface area contributed by atoms with Gasteiger partial charge in [0, 0.05) is 28.4 Å². The van der Waals surface area contributed by atoms with Gasteiger partial charge in [0.05, 0.1) is 10.0 Å². The first-order valence-corrected chi connectivity index (χ1v) is 10.1. The first-order valence-electron chi connectivity index (χ1n) is 8.51. The van der Waals surface area contributed by atoms with E-state index in [0.717, 1.165) is 10.8 Å². The molecule has 4 rings (SSSR count). The molecule has 1 heterocycles. The highest BCUT2D eigenvalue weighted by Crippen LogP contribution is 2.25. The first-order chi connectivity index (χ1) is 14.0. The largest absolute Gasteiger partial charge is 0.322 e. The number of hydrogen-bond donors (Lipinski definition) is 2. The van der Waals surface area contributed by atoms with Crippen LogP contribution in [0, 0.1) is 0 Å². The number of nitrogens with one attached hydrogen (secondary N) is 2. The third kappa shape index (κ3) is 4.40. The Morgan fingerprint density at radius 2 is 1.48 bits per heavy atom. The van der Waals surface area contributed by atoms with Crippen LogP contribution in [-0.2, 0) is 0 Å². The molecular weight excluding hydrogens is 429 g/mol. The summed E-state index contributed by atoms with van der Waals surface area (Å²) in [5.41, 5.74) is 1.57. The van der Waals surface area contributed by atoms with Crippen LogP contribution in [0.2, 0.25) is 10.0 Å². The van der Waals surface area contributed by atoms with Crippen molar-refractivity contribution in [3.63, 3.8) is 0 Å². The molecule has 0 bridgehead atoms. The summed E-state index contributed by atoms with van der Waals surface area (Å²) in [5, 5.41) is 10.4. The molecule has 0 aliphatic heterocycles. The lowest BCUT2D eigenvalue weighted by Gasteiger charge is -2.09. The molecule has 1 aromatic heterocycles. The Morgan fingerprint density at radius 1 is 0.793 bits per heavy atom. The quantitative estimate of drug-likeness (QED) is 0.401. The zero-order chi connectivity index (χ0) is 20.4. The van der Waals surface area contributed by atoms with Gasteiger partial charge in [0.15, 0.2) is 5.13 Å². The first kappa shape index (κ1) is 19.4. The Morgan fingerprint density at radius 3 is 2.24 bits per heavy atom. The number of rotatable bonds is 4. The highest BCUT2D eigenvalue weighted by atomic mass is 35.5. The number of fused-ring (bicyclic) bond motifs is 1. The standard InChI is InChI=1S/C21H13Cl2N3O2S/c22-17-6-4-15(11-18(17)23)19(27)25-16-5-3-12-9-14(2-1-13(12)10-16)20(28)26-21-24-7-8-29-21/h1-11H,(H,25,27)(H,24,26,28). The third-order valence-corrected chi connectivity index (χ3v) is 5.62. The maximum absolute atomic E-state index is 12.4. The summed E-state index contributed by atoms with van der Waals surface area (Å²) < 4.78 is 0. The number of benzene rings is 3. The minimum Gasteiger partial charge on any atom is -0.322 e. The Kier molecular flexibility index (Phi) is 5.49. The van der Waals surface area contributed by atoms with Crippen LogP contribution >= 0.6 is 34.5 Å². The van der Waals surface area contributed by atoms with Crippen LogP contribution in [0.3, 0.4) is 0 Å². The molecule has 2 N–H and O–H groups in total. The molecular formula is C21H13Cl2N3O2S. The van der Waals surface area contributed by atoms with E-state index < -0.39 is 0 Å². The maximum atomic E-state index is 12.4. The predicted molar refractivity (Wildman–Crippen MR) is 118 cm³/mol. The van der Waals surface area contributed by atoms with Crippen LogP contribution in [0.15, 0.2) is 66.2 Å². The fourth-order valence-corrected chi connectivity index (χ4v) is 3.58. The van der Waals surface area contributed by atoms with E-state index >= 15 is 0 Å². The highest BCUT2D eigenvalue weighted by Gasteiger charge is 2.11. The molecule has 5 nitrogen and oxygen atoms in total. The summed E-state index contributed by atoms with van der Waals surface area (Å²) in [4.78, 5) is 28.8. The van der Waals surface area contributed by atoms with Gasteiger partial charge in [0.25, 0.3) is 11.8 Å². The second kappa shape index (κ2) is 8.21. The maximum Gasteiger partial charge on any atom is 0.257 e. The van der Waals surface area contributed by atoms with Crippen molar-refractivity contribution >= 4 is 67.9 Å². The molecule has 8 heteroatoms. The van der Waals surface area contributed by atoms with Gasteiger partial charge in [-0.3, -0.25) is 14.9 Å². The number of nitrogens with zero attached hydrogens (tertiary/aromatic N) is 1. The van der Waals surface area contributed by atoms with Gasteiger partial charge in [-0.25, -0.2) is 4.98 Å². The number of amides is 2. The summed E-state index contributed by atoms with van der Waals surface area (Å²) in [6.45, 7) is 0. The minimum absolute atomic E-state index is 0.223. The van der Waals surface area contributed by atoms with E-state index in [1.165, 1.54) is 17.4 Å². The summed E-state index contributed by atoms with van der Waals surface area (Å²) >= 11 is 13.2. The average Bonchev–Trinajstić information content (AvgIpc) is 3.22. The van der Waals surface area contributed by atoms with Crippen LogP contribution in [0.5, 0.6) is 0 Å². The molecule has 0 spiro atoms. The van der Waals surface area contributed by atoms with Crippen LogP contribution in [-0.4, -0.2) is 16.8 Å². The molecule has 144 valence electrons. The molecule has 2 amide bonds. The summed E-state index contributed by atoms with van der Waals surface area (Å²) in [7, 11) is 0. The summed E-state index contributed by atoms with van der Waals surface area (Å²) in [5.74, 6) is -0.513. The SMILES string of the molecule is O=C(Nc1ccc2cc(C(=O)Nc3nccs3)ccc2c1)c1ccc(Cl)c(Cl)c1. The fraction of sp³-hybridized carbons (Fsp3) is 0. The smallest absolute Gasteiger partial charge is 0.257 e. The van der Waals surface area contributed by atoms with Gasteiger partial charge in [-0.15, -0.1) is 11.3 Å². The molecule has 0 saturated carbocycles. The predicted octanol–water partition coefficient (Wildman–Crippen LogP) is 6.11. The van der Waals surface area contributed by atoms with Crippen molar-refractivity contribution in [1.29, 1.82) is 0 Å². The highest BCUT2D eigenvalue weighted by molar-refractivity contribution is 7.13. The van der Waals surface area contributed by atoms with Crippen LogP contribution in [0.1, 0.15) is 20.7 Å². The molecule has 0 radical (unpaired) electrons. The van der Waals surface area contributed by atoms with Crippen molar-refractivity contribution in [3.05, 3.63) is 87.3 Å². The van der Waals surface area contributed by atoms with Gasteiger partial charge in [0.2, 0.25) is 0 Å². The zero-order valence-corrected chi connectivity index (χ0v) is 17.1. The van der Waals surface area contributed by atoms with E-state index in [-0.39, 0.29) is 11.8 Å². The van der Waals surface area contributed by atoms with E-state index in [0.29, 0.717) is 32.0 Å². The number of hydrogen-bond acceptors (Lipinski definition) is 4. The van der Waals surface area contributed by atoms with E-state index in [4.69, 9.17) is 23.2 Å². The lowest BCUT2D eigenvalue weighted by atomic mass is 10.1. The number of halogens is 2. The average molecular weight is 442 g/mol. The number of carbonyl (C=O) groups excluding carboxylic acids is 2. The molecule has 3 aromatic carbocycles. The van der Waals surface area contributed by atoms with Crippen LogP contribution in [0.25, 0.3) is 10.8 Å². The normalized spacial score (nSPS) is 10.7. The topological polar surface area (TPSA) is 71.1 Å². The lowest BCUT2D eigenvalue weighted by molar-refractivity contribution is 0.101. The Hall–Kier alpha value is -2.93. The third-order valence-electron chi connectivity index (χ3n) is 4.19. The minimum atomic E-state index is -0.289. The van der Waals surface area contributed by atoms with E-state index in [1.54, 1.807) is 41.9 Å². The fourth-order valence-electron chi connectivity index (χ4n) is 2.76. The van der Waals surface area contributed by atoms with Crippen molar-refractivity contribution in [2.24, 2.45) is 0 Å². The van der Waals surface area contributed by atoms with Crippen molar-refractivity contribution in [3.8, 4) is 0 Å². The summed E-state index contributed by atoms with van der Waals surface area (Å²) in [6, 6.07) is 15.5. The van der Waals surface area contributed by atoms with Crippen LogP contribution in [0.4, 0.5) is 10.8 Å². The summed E-state index contributed by atoms with van der Waals surface area (Å²) in [6.07, 6.45) is 1.63. The molecule has 0 fully saturated rings. The van der Waals surface area contributed by atoms with Gasteiger partial charge < -0.3 is 5.32 Å². The molecule has 0 unspecified atom stereocenters. The Balaban J connectivity index is 1.52. The monoisotopic (exact) mass is 441 g/mol. The van der Waals surface area contributed by atoms with E-state index in [2.05, 4.69) is 15.6 Å². The Bertz CT molecular complexity index is 1230. The van der Waals surface area contributed by atoms with Crippen molar-refractivity contribution < 1.29 is 9.59 Å². The Labute approximate surface area is 180 Å². The van der Waals surface area contributed by atoms with Crippen molar-refractivity contribution in [2.75, 3.05) is 10.6 Å². The number of aromatic nitrogens is 1.